The largest absolute Gasteiger partial charge is 1.00 e. The van der Waals surface area contributed by atoms with Crippen molar-refractivity contribution in [1.29, 1.82) is 0 Å². The Kier molecular flexibility index (Phi) is 30.3. The smallest absolute Gasteiger partial charge is 1.00 e. The number of hydrogen-bond donors (Lipinski definition) is 0. The number of carbonyl (C=O) groups is 1. The van der Waals surface area contributed by atoms with Crippen LogP contribution in [0.3, 0.4) is 0 Å². The fraction of sp³-hybridized carbons (Fsp3) is 0.833. The normalized spacial score (nSPS) is 7.07. The maximum absolute atomic E-state index is 9.51. The molecule has 0 radical (unpaired) electrons. The summed E-state index contributed by atoms with van der Waals surface area (Å²) in [5.41, 5.74) is 0. The SMILES string of the molecule is O=C([O-])C(Cl)(Cl)Cl.[CH3][Al+][CH3].[CH3][Al+][CH3].[Cl-]. The minimum Gasteiger partial charge on any atom is -1.00 e. The van der Waals surface area contributed by atoms with Crippen molar-refractivity contribution < 1.29 is 22.3 Å². The Morgan fingerprint density at radius 3 is 1.14 bits per heavy atom. The van der Waals surface area contributed by atoms with Crippen LogP contribution in [-0.4, -0.2) is 40.2 Å². The Morgan fingerprint density at radius 1 is 1.07 bits per heavy atom. The number of alkyl halides is 3. The Balaban J connectivity index is -0.0000000610. The number of carboxylic acid groups (broad SMARTS) is 1. The van der Waals surface area contributed by atoms with Gasteiger partial charge in [0.1, 0.15) is 0 Å². The molecule has 0 unspecified atom stereocenters. The van der Waals surface area contributed by atoms with Crippen molar-refractivity contribution in [2.24, 2.45) is 0 Å². The van der Waals surface area contributed by atoms with Gasteiger partial charge in [0.25, 0.3) is 0 Å². The number of hydrogen-bond acceptors (Lipinski definition) is 2. The molecule has 0 saturated heterocycles. The van der Waals surface area contributed by atoms with E-state index in [0.717, 1.165) is 30.4 Å². The van der Waals surface area contributed by atoms with Crippen molar-refractivity contribution in [2.45, 2.75) is 26.9 Å². The van der Waals surface area contributed by atoms with Crippen LogP contribution in [0.2, 0.25) is 23.1 Å². The van der Waals surface area contributed by atoms with Crippen molar-refractivity contribution in [1.82, 2.24) is 0 Å². The van der Waals surface area contributed by atoms with Crippen molar-refractivity contribution in [3.05, 3.63) is 0 Å². The van der Waals surface area contributed by atoms with Gasteiger partial charge in [-0.15, -0.1) is 0 Å². The fourth-order valence-corrected chi connectivity index (χ4v) is 0. The van der Waals surface area contributed by atoms with E-state index in [4.69, 9.17) is 34.8 Å². The van der Waals surface area contributed by atoms with Crippen molar-refractivity contribution in [3.8, 4) is 0 Å². The zero-order chi connectivity index (χ0) is 11.5. The van der Waals surface area contributed by atoms with Crippen LogP contribution in [0.4, 0.5) is 0 Å². The molecule has 82 valence electrons. The minimum atomic E-state index is -2.28. The number of carboxylic acids is 1. The zero-order valence-electron chi connectivity index (χ0n) is 8.48. The van der Waals surface area contributed by atoms with Gasteiger partial charge in [-0.1, -0.05) is 34.8 Å². The summed E-state index contributed by atoms with van der Waals surface area (Å²) in [6.45, 7) is 0. The number of carbonyl (C=O) groups excluding carboxylic acids is 1. The molecular formula is C6H12Al2Cl4O2. The maximum atomic E-state index is 9.51. The van der Waals surface area contributed by atoms with Crippen LogP contribution in [-0.2, 0) is 4.79 Å². The molecule has 0 amide bonds. The van der Waals surface area contributed by atoms with Gasteiger partial charge in [0.2, 0.25) is 3.79 Å². The molecule has 0 spiro atoms. The second kappa shape index (κ2) is 17.1. The quantitative estimate of drug-likeness (QED) is 0.411. The molecule has 0 saturated carbocycles. The van der Waals surface area contributed by atoms with Crippen LogP contribution in [0.25, 0.3) is 0 Å². The van der Waals surface area contributed by atoms with E-state index < -0.39 is 9.76 Å². The average Bonchev–Trinajstić information content (AvgIpc) is 1.88. The fourth-order valence-electron chi connectivity index (χ4n) is 0. The Hall–Kier alpha value is 1.69. The summed E-state index contributed by atoms with van der Waals surface area (Å²) >= 11 is 15.7. The predicted octanol–water partition coefficient (Wildman–Crippen LogP) is -1.32. The summed E-state index contributed by atoms with van der Waals surface area (Å²) in [6, 6.07) is 0. The topological polar surface area (TPSA) is 40.1 Å². The second-order valence-corrected chi connectivity index (χ2v) is 6.53. The van der Waals surface area contributed by atoms with Gasteiger partial charge < -0.3 is 22.3 Å². The third-order valence-electron chi connectivity index (χ3n) is 0.231. The number of rotatable bonds is 0. The summed E-state index contributed by atoms with van der Waals surface area (Å²) in [4.78, 5) is 9.51. The molecule has 0 heterocycles. The van der Waals surface area contributed by atoms with Gasteiger partial charge >= 0.3 is 53.6 Å². The molecule has 0 rings (SSSR count). The first-order chi connectivity index (χ1) is 5.77. The Morgan fingerprint density at radius 2 is 1.14 bits per heavy atom. The monoisotopic (exact) mass is 310 g/mol. The molecule has 0 aromatic carbocycles. The second-order valence-electron chi connectivity index (χ2n) is 1.94. The number of halogens is 4. The maximum Gasteiger partial charge on any atom is -1.00 e. The molecule has 14 heavy (non-hydrogen) atoms. The summed E-state index contributed by atoms with van der Waals surface area (Å²) < 4.78 is -2.28. The van der Waals surface area contributed by atoms with Gasteiger partial charge in [-0.25, -0.2) is 0 Å². The molecule has 0 aromatic heterocycles. The molecule has 0 aliphatic heterocycles. The van der Waals surface area contributed by atoms with Gasteiger partial charge in [0.15, 0.2) is 0 Å². The van der Waals surface area contributed by atoms with Gasteiger partial charge in [0.05, 0.1) is 5.97 Å². The van der Waals surface area contributed by atoms with Crippen LogP contribution >= 0.6 is 34.8 Å². The number of aliphatic carboxylic acids is 1. The van der Waals surface area contributed by atoms with E-state index in [0.29, 0.717) is 0 Å². The van der Waals surface area contributed by atoms with Crippen LogP contribution in [0.5, 0.6) is 0 Å². The van der Waals surface area contributed by atoms with Gasteiger partial charge in [-0.05, 0) is 0 Å². The van der Waals surface area contributed by atoms with E-state index in [1.54, 1.807) is 0 Å². The Bertz CT molecular complexity index is 117. The molecule has 8 heteroatoms. The first-order valence-corrected chi connectivity index (χ1v) is 9.29. The Labute approximate surface area is 120 Å². The summed E-state index contributed by atoms with van der Waals surface area (Å²) in [6.07, 6.45) is 0. The predicted molar refractivity (Wildman–Crippen MR) is 60.3 cm³/mol. The van der Waals surface area contributed by atoms with Crippen molar-refractivity contribution in [2.75, 3.05) is 0 Å². The van der Waals surface area contributed by atoms with E-state index in [2.05, 4.69) is 23.1 Å². The molecule has 2 nitrogen and oxygen atoms in total. The first kappa shape index (κ1) is 24.8. The molecular weight excluding hydrogens is 300 g/mol. The van der Waals surface area contributed by atoms with Crippen LogP contribution < -0.4 is 17.5 Å². The van der Waals surface area contributed by atoms with Crippen molar-refractivity contribution >= 4 is 71.2 Å². The standard InChI is InChI=1S/C2HCl3O2.4CH3.2Al.ClH/c3-2(4,5)1(6)7;;;;;;;/h(H,6,7);4*1H3;;;1H/q;;;;;2*+1;/p-2. The van der Waals surface area contributed by atoms with E-state index in [1.807, 2.05) is 0 Å². The van der Waals surface area contributed by atoms with E-state index in [9.17, 15) is 9.90 Å². The van der Waals surface area contributed by atoms with Crippen LogP contribution in [0.15, 0.2) is 0 Å². The third kappa shape index (κ3) is 37.3. The molecule has 0 bridgehead atoms. The molecule has 0 aromatic rings. The summed E-state index contributed by atoms with van der Waals surface area (Å²) in [5, 5.41) is 9.51. The van der Waals surface area contributed by atoms with Crippen LogP contribution in [0.1, 0.15) is 0 Å². The zero-order valence-corrected chi connectivity index (χ0v) is 13.8. The summed E-state index contributed by atoms with van der Waals surface area (Å²) in [7, 11) is 0. The molecule has 0 atom stereocenters. The van der Waals surface area contributed by atoms with E-state index in [1.165, 1.54) is 0 Å². The average molecular weight is 312 g/mol. The molecule has 0 fully saturated rings. The van der Waals surface area contributed by atoms with E-state index >= 15 is 0 Å². The summed E-state index contributed by atoms with van der Waals surface area (Å²) in [5.74, 6) is 7.12. The third-order valence-corrected chi connectivity index (χ3v) is 0.694. The minimum absolute atomic E-state index is 0. The first-order valence-electron chi connectivity index (χ1n) is 3.53. The molecule has 0 N–H and O–H groups in total. The van der Waals surface area contributed by atoms with Crippen LogP contribution in [0, 0.1) is 0 Å². The molecule has 0 aliphatic rings. The van der Waals surface area contributed by atoms with E-state index in [-0.39, 0.29) is 12.4 Å². The van der Waals surface area contributed by atoms with Gasteiger partial charge in [0, 0.05) is 0 Å². The van der Waals surface area contributed by atoms with Gasteiger partial charge in [-0.3, -0.25) is 0 Å². The van der Waals surface area contributed by atoms with Crippen molar-refractivity contribution in [3.63, 3.8) is 0 Å². The molecule has 0 aliphatic carbocycles. The van der Waals surface area contributed by atoms with Gasteiger partial charge in [-0.2, -0.15) is 0 Å².